The first kappa shape index (κ1) is 15.6. The molecule has 0 fully saturated rings. The summed E-state index contributed by atoms with van der Waals surface area (Å²) in [5.41, 5.74) is 1.69. The SMILES string of the molecule is CCC1=C(C(=O)O)C(c2csc3ccccc23)NC(=O)N1CC. The van der Waals surface area contributed by atoms with E-state index in [0.29, 0.717) is 18.7 Å². The van der Waals surface area contributed by atoms with Crippen LogP contribution in [0.4, 0.5) is 4.79 Å². The average molecular weight is 330 g/mol. The van der Waals surface area contributed by atoms with Crippen molar-refractivity contribution in [3.63, 3.8) is 0 Å². The van der Waals surface area contributed by atoms with Crippen LogP contribution in [0, 0.1) is 0 Å². The van der Waals surface area contributed by atoms with E-state index in [2.05, 4.69) is 5.32 Å². The number of nitrogens with zero attached hydrogens (tertiary/aromatic N) is 1. The summed E-state index contributed by atoms with van der Waals surface area (Å²) in [5.74, 6) is -0.986. The summed E-state index contributed by atoms with van der Waals surface area (Å²) >= 11 is 1.56. The number of hydrogen-bond donors (Lipinski definition) is 2. The molecule has 2 aromatic rings. The van der Waals surface area contributed by atoms with E-state index in [0.717, 1.165) is 15.6 Å². The number of allylic oxidation sites excluding steroid dienone is 1. The number of carboxylic acids is 1. The van der Waals surface area contributed by atoms with E-state index in [-0.39, 0.29) is 11.6 Å². The van der Waals surface area contributed by atoms with E-state index >= 15 is 0 Å². The third-order valence-corrected chi connectivity index (χ3v) is 5.12. The van der Waals surface area contributed by atoms with Gasteiger partial charge in [0.05, 0.1) is 11.6 Å². The van der Waals surface area contributed by atoms with Gasteiger partial charge in [-0.05, 0) is 35.7 Å². The van der Waals surface area contributed by atoms with E-state index in [9.17, 15) is 14.7 Å². The summed E-state index contributed by atoms with van der Waals surface area (Å²) in [6, 6.07) is 6.98. The lowest BCUT2D eigenvalue weighted by molar-refractivity contribution is -0.133. The number of benzene rings is 1. The van der Waals surface area contributed by atoms with Crippen LogP contribution in [0.5, 0.6) is 0 Å². The van der Waals surface area contributed by atoms with Crippen molar-refractivity contribution in [3.05, 3.63) is 46.5 Å². The van der Waals surface area contributed by atoms with Gasteiger partial charge < -0.3 is 10.4 Å². The number of carboxylic acid groups (broad SMARTS) is 1. The van der Waals surface area contributed by atoms with Gasteiger partial charge in [0, 0.05) is 16.9 Å². The summed E-state index contributed by atoms with van der Waals surface area (Å²) in [7, 11) is 0. The first-order chi connectivity index (χ1) is 11.1. The number of hydrogen-bond acceptors (Lipinski definition) is 3. The van der Waals surface area contributed by atoms with Gasteiger partial charge in [-0.25, -0.2) is 9.59 Å². The topological polar surface area (TPSA) is 69.6 Å². The Morgan fingerprint density at radius 3 is 2.74 bits per heavy atom. The van der Waals surface area contributed by atoms with Crippen molar-refractivity contribution < 1.29 is 14.7 Å². The van der Waals surface area contributed by atoms with Gasteiger partial charge in [-0.3, -0.25) is 4.90 Å². The molecule has 2 N–H and O–H groups in total. The zero-order valence-electron chi connectivity index (χ0n) is 13.0. The van der Waals surface area contributed by atoms with E-state index in [1.54, 1.807) is 11.3 Å². The van der Waals surface area contributed by atoms with Crippen molar-refractivity contribution in [3.8, 4) is 0 Å². The Morgan fingerprint density at radius 1 is 1.35 bits per heavy atom. The highest BCUT2D eigenvalue weighted by molar-refractivity contribution is 7.17. The molecule has 1 unspecified atom stereocenters. The number of nitrogens with one attached hydrogen (secondary N) is 1. The molecule has 2 heterocycles. The third-order valence-electron chi connectivity index (χ3n) is 4.14. The lowest BCUT2D eigenvalue weighted by Crippen LogP contribution is -2.48. The van der Waals surface area contributed by atoms with Crippen LogP contribution in [-0.4, -0.2) is 28.6 Å². The second kappa shape index (κ2) is 6.04. The fourth-order valence-corrected chi connectivity index (χ4v) is 4.11. The Kier molecular flexibility index (Phi) is 4.09. The van der Waals surface area contributed by atoms with Crippen LogP contribution in [0.2, 0.25) is 0 Å². The summed E-state index contributed by atoms with van der Waals surface area (Å²) in [4.78, 5) is 25.8. The van der Waals surface area contributed by atoms with E-state index < -0.39 is 12.0 Å². The second-order valence-electron chi connectivity index (χ2n) is 5.33. The van der Waals surface area contributed by atoms with Gasteiger partial charge in [0.15, 0.2) is 0 Å². The number of amides is 2. The van der Waals surface area contributed by atoms with E-state index in [1.165, 1.54) is 4.90 Å². The molecule has 6 heteroatoms. The molecule has 0 bridgehead atoms. The number of urea groups is 1. The standard InChI is InChI=1S/C17H18N2O3S/c1-3-12-14(16(20)21)15(18-17(22)19(12)4-2)11-9-23-13-8-6-5-7-10(11)13/h5-9,15H,3-4H2,1-2H3,(H,18,22)(H,20,21). The zero-order chi connectivity index (χ0) is 16.6. The Hall–Kier alpha value is -2.34. The van der Waals surface area contributed by atoms with Crippen LogP contribution in [0.15, 0.2) is 40.9 Å². The highest BCUT2D eigenvalue weighted by atomic mass is 32.1. The minimum atomic E-state index is -0.986. The van der Waals surface area contributed by atoms with Crippen LogP contribution in [-0.2, 0) is 4.79 Å². The van der Waals surface area contributed by atoms with Crippen molar-refractivity contribution >= 4 is 33.4 Å². The number of thiophene rings is 1. The van der Waals surface area contributed by atoms with Gasteiger partial charge in [-0.15, -0.1) is 11.3 Å². The first-order valence-corrected chi connectivity index (χ1v) is 8.46. The lowest BCUT2D eigenvalue weighted by Gasteiger charge is -2.35. The molecule has 1 aromatic heterocycles. The Labute approximate surface area is 138 Å². The fourth-order valence-electron chi connectivity index (χ4n) is 3.13. The summed E-state index contributed by atoms with van der Waals surface area (Å²) in [6.45, 7) is 4.17. The molecule has 120 valence electrons. The predicted molar refractivity (Wildman–Crippen MR) is 90.4 cm³/mol. The molecule has 5 nitrogen and oxygen atoms in total. The maximum atomic E-state index is 12.4. The van der Waals surface area contributed by atoms with Crippen LogP contribution >= 0.6 is 11.3 Å². The number of carbonyl (C=O) groups excluding carboxylic acids is 1. The van der Waals surface area contributed by atoms with Crippen LogP contribution in [0.25, 0.3) is 10.1 Å². The minimum absolute atomic E-state index is 0.241. The smallest absolute Gasteiger partial charge is 0.335 e. The van der Waals surface area contributed by atoms with E-state index in [1.807, 2.05) is 43.5 Å². The molecular weight excluding hydrogens is 312 g/mol. The summed E-state index contributed by atoms with van der Waals surface area (Å²) < 4.78 is 1.08. The number of aliphatic carboxylic acids is 1. The van der Waals surface area contributed by atoms with Crippen molar-refractivity contribution in [2.75, 3.05) is 6.54 Å². The molecule has 0 spiro atoms. The normalized spacial score (nSPS) is 18.4. The summed E-state index contributed by atoms with van der Waals surface area (Å²) in [5, 5.41) is 15.5. The molecular formula is C17H18N2O3S. The molecule has 23 heavy (non-hydrogen) atoms. The zero-order valence-corrected chi connectivity index (χ0v) is 13.8. The average Bonchev–Trinajstić information content (AvgIpc) is 2.97. The fraction of sp³-hybridized carbons (Fsp3) is 0.294. The van der Waals surface area contributed by atoms with Crippen molar-refractivity contribution in [2.45, 2.75) is 26.3 Å². The Balaban J connectivity index is 2.21. The summed E-state index contributed by atoms with van der Waals surface area (Å²) in [6.07, 6.45) is 0.501. The van der Waals surface area contributed by atoms with Crippen LogP contribution in [0.3, 0.4) is 0 Å². The highest BCUT2D eigenvalue weighted by Gasteiger charge is 2.36. The lowest BCUT2D eigenvalue weighted by atomic mass is 9.93. The van der Waals surface area contributed by atoms with Crippen LogP contribution in [0.1, 0.15) is 31.9 Å². The van der Waals surface area contributed by atoms with Crippen LogP contribution < -0.4 is 5.32 Å². The molecule has 1 aliphatic rings. The molecule has 1 aliphatic heterocycles. The van der Waals surface area contributed by atoms with Gasteiger partial charge >= 0.3 is 12.0 Å². The molecule has 0 saturated carbocycles. The maximum Gasteiger partial charge on any atom is 0.335 e. The molecule has 1 atom stereocenters. The monoisotopic (exact) mass is 330 g/mol. The number of fused-ring (bicyclic) bond motifs is 1. The largest absolute Gasteiger partial charge is 0.478 e. The van der Waals surface area contributed by atoms with Gasteiger partial charge in [0.1, 0.15) is 0 Å². The molecule has 0 saturated heterocycles. The third kappa shape index (κ3) is 2.49. The van der Waals surface area contributed by atoms with Gasteiger partial charge in [0.2, 0.25) is 0 Å². The highest BCUT2D eigenvalue weighted by Crippen LogP contribution is 2.37. The van der Waals surface area contributed by atoms with E-state index in [4.69, 9.17) is 0 Å². The van der Waals surface area contributed by atoms with Crippen molar-refractivity contribution in [2.24, 2.45) is 0 Å². The van der Waals surface area contributed by atoms with Crippen molar-refractivity contribution in [1.82, 2.24) is 10.2 Å². The number of rotatable bonds is 4. The number of carbonyl (C=O) groups is 2. The Bertz CT molecular complexity index is 809. The van der Waals surface area contributed by atoms with Crippen molar-refractivity contribution in [1.29, 1.82) is 0 Å². The van der Waals surface area contributed by atoms with Gasteiger partial charge in [0.25, 0.3) is 0 Å². The first-order valence-electron chi connectivity index (χ1n) is 7.58. The quantitative estimate of drug-likeness (QED) is 0.897. The molecule has 2 amide bonds. The predicted octanol–water partition coefficient (Wildman–Crippen LogP) is 3.74. The second-order valence-corrected chi connectivity index (χ2v) is 6.24. The van der Waals surface area contributed by atoms with Gasteiger partial charge in [-0.1, -0.05) is 25.1 Å². The molecule has 1 aromatic carbocycles. The molecule has 0 aliphatic carbocycles. The molecule has 3 rings (SSSR count). The Morgan fingerprint density at radius 2 is 2.09 bits per heavy atom. The van der Waals surface area contributed by atoms with Gasteiger partial charge in [-0.2, -0.15) is 0 Å². The minimum Gasteiger partial charge on any atom is -0.478 e. The molecule has 0 radical (unpaired) electrons. The maximum absolute atomic E-state index is 12.4.